The number of likely N-dealkylation sites (tertiary alicyclic amines) is 2. The van der Waals surface area contributed by atoms with Gasteiger partial charge in [-0.05, 0) is 43.9 Å². The zero-order valence-corrected chi connectivity index (χ0v) is 13.2. The molecule has 3 rings (SSSR count). The van der Waals surface area contributed by atoms with E-state index in [1.54, 1.807) is 0 Å². The number of hydrogen-bond donors (Lipinski definition) is 0. The topological polar surface area (TPSA) is 36.4 Å². The Bertz CT molecular complexity index is 526. The molecule has 2 saturated heterocycles. The molecule has 2 fully saturated rings. The maximum Gasteiger partial charge on any atom is 0.223 e. The van der Waals surface area contributed by atoms with Crippen molar-refractivity contribution in [3.63, 3.8) is 0 Å². The first-order chi connectivity index (χ1) is 10.7. The number of nitrogens with zero attached hydrogens (tertiary/aromatic N) is 3. The SMILES string of the molecule is C=CCN1C(=O)CCC[C@]12CCCN(Cc1cccnc1)C2. The summed E-state index contributed by atoms with van der Waals surface area (Å²) in [5, 5.41) is 0. The Kier molecular flexibility index (Phi) is 4.57. The van der Waals surface area contributed by atoms with Crippen molar-refractivity contribution < 1.29 is 4.79 Å². The van der Waals surface area contributed by atoms with Crippen molar-refractivity contribution in [2.45, 2.75) is 44.2 Å². The van der Waals surface area contributed by atoms with Gasteiger partial charge in [0.15, 0.2) is 0 Å². The highest BCUT2D eigenvalue weighted by molar-refractivity contribution is 5.78. The summed E-state index contributed by atoms with van der Waals surface area (Å²) in [5.41, 5.74) is 1.27. The third-order valence-corrected chi connectivity index (χ3v) is 4.98. The van der Waals surface area contributed by atoms with E-state index in [9.17, 15) is 4.79 Å². The fourth-order valence-electron chi connectivity index (χ4n) is 4.04. The molecule has 0 N–H and O–H groups in total. The maximum absolute atomic E-state index is 12.4. The van der Waals surface area contributed by atoms with Crippen LogP contribution in [0.15, 0.2) is 37.2 Å². The van der Waals surface area contributed by atoms with E-state index in [-0.39, 0.29) is 5.54 Å². The smallest absolute Gasteiger partial charge is 0.223 e. The normalized spacial score (nSPS) is 26.4. The molecule has 2 aliphatic rings. The number of carbonyl (C=O) groups excluding carboxylic acids is 1. The van der Waals surface area contributed by atoms with Crippen LogP contribution in [0.5, 0.6) is 0 Å². The van der Waals surface area contributed by atoms with E-state index < -0.39 is 0 Å². The van der Waals surface area contributed by atoms with Gasteiger partial charge in [-0.1, -0.05) is 12.1 Å². The van der Waals surface area contributed by atoms with Gasteiger partial charge < -0.3 is 4.90 Å². The summed E-state index contributed by atoms with van der Waals surface area (Å²) in [7, 11) is 0. The molecule has 2 aliphatic heterocycles. The molecule has 0 unspecified atom stereocenters. The molecule has 1 aromatic heterocycles. The van der Waals surface area contributed by atoms with Gasteiger partial charge in [0, 0.05) is 38.4 Å². The molecule has 1 spiro atoms. The number of rotatable bonds is 4. The largest absolute Gasteiger partial charge is 0.332 e. The number of aromatic nitrogens is 1. The first-order valence-corrected chi connectivity index (χ1v) is 8.26. The second kappa shape index (κ2) is 6.61. The summed E-state index contributed by atoms with van der Waals surface area (Å²) in [6.45, 7) is 7.52. The van der Waals surface area contributed by atoms with Crippen LogP contribution in [0.4, 0.5) is 0 Å². The lowest BCUT2D eigenvalue weighted by Crippen LogP contribution is -2.62. The molecular weight excluding hydrogens is 274 g/mol. The Morgan fingerprint density at radius 3 is 3.00 bits per heavy atom. The Labute approximate surface area is 132 Å². The number of carbonyl (C=O) groups is 1. The van der Waals surface area contributed by atoms with Crippen LogP contribution in [-0.4, -0.2) is 45.9 Å². The molecule has 1 atom stereocenters. The van der Waals surface area contributed by atoms with Crippen molar-refractivity contribution >= 4 is 5.91 Å². The molecule has 118 valence electrons. The predicted molar refractivity (Wildman–Crippen MR) is 87.2 cm³/mol. The summed E-state index contributed by atoms with van der Waals surface area (Å²) in [6, 6.07) is 4.12. The van der Waals surface area contributed by atoms with Crippen LogP contribution < -0.4 is 0 Å². The fraction of sp³-hybridized carbons (Fsp3) is 0.556. The van der Waals surface area contributed by atoms with Gasteiger partial charge in [-0.25, -0.2) is 0 Å². The average molecular weight is 299 g/mol. The molecule has 0 aromatic carbocycles. The monoisotopic (exact) mass is 299 g/mol. The fourth-order valence-corrected chi connectivity index (χ4v) is 4.04. The predicted octanol–water partition coefficient (Wildman–Crippen LogP) is 2.61. The molecule has 0 radical (unpaired) electrons. The Morgan fingerprint density at radius 1 is 1.36 bits per heavy atom. The minimum absolute atomic E-state index is 0.0178. The van der Waals surface area contributed by atoms with Crippen LogP contribution in [-0.2, 0) is 11.3 Å². The van der Waals surface area contributed by atoms with Crippen molar-refractivity contribution in [3.05, 3.63) is 42.7 Å². The first-order valence-electron chi connectivity index (χ1n) is 8.26. The summed E-state index contributed by atoms with van der Waals surface area (Å²) in [4.78, 5) is 21.2. The highest BCUT2D eigenvalue weighted by Crippen LogP contribution is 2.37. The lowest BCUT2D eigenvalue weighted by Gasteiger charge is -2.52. The number of hydrogen-bond acceptors (Lipinski definition) is 3. The van der Waals surface area contributed by atoms with Gasteiger partial charge >= 0.3 is 0 Å². The van der Waals surface area contributed by atoms with E-state index >= 15 is 0 Å². The molecule has 1 aromatic rings. The third kappa shape index (κ3) is 3.07. The number of pyridine rings is 1. The molecule has 1 amide bonds. The lowest BCUT2D eigenvalue weighted by atomic mass is 9.79. The molecular formula is C18H25N3O. The number of amides is 1. The van der Waals surface area contributed by atoms with Gasteiger partial charge in [-0.3, -0.25) is 14.7 Å². The average Bonchev–Trinajstić information content (AvgIpc) is 2.53. The maximum atomic E-state index is 12.4. The molecule has 0 bridgehead atoms. The van der Waals surface area contributed by atoms with Gasteiger partial charge in [0.2, 0.25) is 5.91 Å². The zero-order chi connectivity index (χ0) is 15.4. The van der Waals surface area contributed by atoms with Gasteiger partial charge in [-0.2, -0.15) is 0 Å². The van der Waals surface area contributed by atoms with Gasteiger partial charge in [0.25, 0.3) is 0 Å². The van der Waals surface area contributed by atoms with Gasteiger partial charge in [-0.15, -0.1) is 6.58 Å². The van der Waals surface area contributed by atoms with Crippen LogP contribution in [0, 0.1) is 0 Å². The zero-order valence-electron chi connectivity index (χ0n) is 13.2. The molecule has 4 nitrogen and oxygen atoms in total. The molecule has 22 heavy (non-hydrogen) atoms. The second-order valence-electron chi connectivity index (χ2n) is 6.55. The summed E-state index contributed by atoms with van der Waals surface area (Å²) < 4.78 is 0. The molecule has 0 aliphatic carbocycles. The van der Waals surface area contributed by atoms with Crippen LogP contribution in [0.1, 0.15) is 37.7 Å². The Hall–Kier alpha value is -1.68. The summed E-state index contributed by atoms with van der Waals surface area (Å²) >= 11 is 0. The van der Waals surface area contributed by atoms with E-state index in [2.05, 4.69) is 27.4 Å². The van der Waals surface area contributed by atoms with Gasteiger partial charge in [0.05, 0.1) is 5.54 Å². The minimum atomic E-state index is 0.0178. The third-order valence-electron chi connectivity index (χ3n) is 4.98. The summed E-state index contributed by atoms with van der Waals surface area (Å²) in [5.74, 6) is 0.300. The van der Waals surface area contributed by atoms with E-state index in [4.69, 9.17) is 0 Å². The first kappa shape index (κ1) is 15.2. The van der Waals surface area contributed by atoms with Crippen LogP contribution in [0.3, 0.4) is 0 Å². The van der Waals surface area contributed by atoms with Crippen molar-refractivity contribution in [1.29, 1.82) is 0 Å². The van der Waals surface area contributed by atoms with E-state index in [0.29, 0.717) is 18.9 Å². The van der Waals surface area contributed by atoms with Crippen molar-refractivity contribution in [2.24, 2.45) is 0 Å². The lowest BCUT2D eigenvalue weighted by molar-refractivity contribution is -0.144. The van der Waals surface area contributed by atoms with Crippen molar-refractivity contribution in [2.75, 3.05) is 19.6 Å². The Balaban J connectivity index is 1.75. The van der Waals surface area contributed by atoms with Crippen LogP contribution >= 0.6 is 0 Å². The van der Waals surface area contributed by atoms with Gasteiger partial charge in [0.1, 0.15) is 0 Å². The van der Waals surface area contributed by atoms with Crippen molar-refractivity contribution in [1.82, 2.24) is 14.8 Å². The van der Waals surface area contributed by atoms with E-state index in [0.717, 1.165) is 45.3 Å². The molecule has 4 heteroatoms. The highest BCUT2D eigenvalue weighted by atomic mass is 16.2. The van der Waals surface area contributed by atoms with E-state index in [1.807, 2.05) is 24.5 Å². The standard InChI is InChI=1S/C18H25N3O/c1-2-11-21-17(22)7-3-8-18(21)9-5-12-20(15-18)14-16-6-4-10-19-13-16/h2,4,6,10,13H,1,3,5,7-9,11-12,14-15H2/t18-/m1/s1. The van der Waals surface area contributed by atoms with Crippen LogP contribution in [0.25, 0.3) is 0 Å². The van der Waals surface area contributed by atoms with Crippen LogP contribution in [0.2, 0.25) is 0 Å². The number of piperidine rings is 2. The molecule has 0 saturated carbocycles. The highest BCUT2D eigenvalue weighted by Gasteiger charge is 2.44. The summed E-state index contributed by atoms with van der Waals surface area (Å²) in [6.07, 6.45) is 10.7. The van der Waals surface area contributed by atoms with E-state index in [1.165, 1.54) is 5.56 Å². The second-order valence-corrected chi connectivity index (χ2v) is 6.55. The minimum Gasteiger partial charge on any atom is -0.332 e. The molecule has 3 heterocycles. The van der Waals surface area contributed by atoms with Crippen molar-refractivity contribution in [3.8, 4) is 0 Å². The Morgan fingerprint density at radius 2 is 2.23 bits per heavy atom. The quantitative estimate of drug-likeness (QED) is 0.802.